The van der Waals surface area contributed by atoms with E-state index in [1.165, 1.54) is 0 Å². The van der Waals surface area contributed by atoms with Gasteiger partial charge in [0.2, 0.25) is 0 Å². The minimum Gasteiger partial charge on any atom is -0.292 e. The highest BCUT2D eigenvalue weighted by molar-refractivity contribution is 5.96. The Morgan fingerprint density at radius 2 is 1.75 bits per heavy atom. The number of hydrogen-bond acceptors (Lipinski definition) is 3. The van der Waals surface area contributed by atoms with E-state index in [1.807, 2.05) is 48.5 Å². The van der Waals surface area contributed by atoms with Gasteiger partial charge < -0.3 is 0 Å². The third-order valence-electron chi connectivity index (χ3n) is 3.00. The SMILES string of the molecule is O=C(Cc1ccccn1)c1ccnn1-c1ccccc1. The second-order valence-electron chi connectivity index (χ2n) is 4.38. The van der Waals surface area contributed by atoms with E-state index in [9.17, 15) is 4.79 Å². The summed E-state index contributed by atoms with van der Waals surface area (Å²) in [6, 6.07) is 16.9. The third kappa shape index (κ3) is 2.49. The summed E-state index contributed by atoms with van der Waals surface area (Å²) >= 11 is 0. The molecule has 2 aromatic heterocycles. The van der Waals surface area contributed by atoms with Crippen LogP contribution in [0.3, 0.4) is 0 Å². The summed E-state index contributed by atoms with van der Waals surface area (Å²) < 4.78 is 1.66. The summed E-state index contributed by atoms with van der Waals surface area (Å²) in [6.07, 6.45) is 3.61. The molecule has 3 aromatic rings. The number of carbonyl (C=O) groups is 1. The minimum absolute atomic E-state index is 0.00468. The molecule has 0 amide bonds. The lowest BCUT2D eigenvalue weighted by atomic mass is 10.1. The average molecular weight is 263 g/mol. The van der Waals surface area contributed by atoms with Crippen LogP contribution in [-0.4, -0.2) is 20.5 Å². The molecule has 0 aliphatic carbocycles. The van der Waals surface area contributed by atoms with Crippen LogP contribution < -0.4 is 0 Å². The van der Waals surface area contributed by atoms with Crippen LogP contribution in [0.4, 0.5) is 0 Å². The average Bonchev–Trinajstić information content (AvgIpc) is 2.99. The number of nitrogens with zero attached hydrogens (tertiary/aromatic N) is 3. The number of ketones is 1. The lowest BCUT2D eigenvalue weighted by molar-refractivity contribution is 0.0984. The Balaban J connectivity index is 1.88. The van der Waals surface area contributed by atoms with Crippen LogP contribution in [0, 0.1) is 0 Å². The lowest BCUT2D eigenvalue weighted by Crippen LogP contribution is -2.11. The number of Topliss-reactive ketones (excluding diaryl/α,β-unsaturated/α-hetero) is 1. The number of aromatic nitrogens is 3. The largest absolute Gasteiger partial charge is 0.292 e. The van der Waals surface area contributed by atoms with Gasteiger partial charge in [0.25, 0.3) is 0 Å². The van der Waals surface area contributed by atoms with Crippen molar-refractivity contribution in [2.24, 2.45) is 0 Å². The highest BCUT2D eigenvalue weighted by atomic mass is 16.1. The highest BCUT2D eigenvalue weighted by Crippen LogP contribution is 2.12. The van der Waals surface area contributed by atoms with Gasteiger partial charge in [0.15, 0.2) is 5.78 Å². The zero-order valence-electron chi connectivity index (χ0n) is 10.8. The molecule has 0 saturated carbocycles. The number of rotatable bonds is 4. The number of para-hydroxylation sites is 1. The van der Waals surface area contributed by atoms with Crippen molar-refractivity contribution in [3.05, 3.63) is 78.4 Å². The number of pyridine rings is 1. The van der Waals surface area contributed by atoms with Crippen LogP contribution in [0.15, 0.2) is 67.0 Å². The van der Waals surface area contributed by atoms with E-state index >= 15 is 0 Å². The van der Waals surface area contributed by atoms with Crippen molar-refractivity contribution in [3.8, 4) is 5.69 Å². The Labute approximate surface area is 116 Å². The van der Waals surface area contributed by atoms with Crippen LogP contribution in [0.1, 0.15) is 16.2 Å². The Morgan fingerprint density at radius 3 is 2.50 bits per heavy atom. The normalized spacial score (nSPS) is 10.4. The van der Waals surface area contributed by atoms with E-state index in [-0.39, 0.29) is 12.2 Å². The molecule has 4 nitrogen and oxygen atoms in total. The van der Waals surface area contributed by atoms with Crippen LogP contribution in [0.25, 0.3) is 5.69 Å². The molecular weight excluding hydrogens is 250 g/mol. The van der Waals surface area contributed by atoms with E-state index < -0.39 is 0 Å². The van der Waals surface area contributed by atoms with Gasteiger partial charge in [-0.25, -0.2) is 4.68 Å². The van der Waals surface area contributed by atoms with E-state index in [0.717, 1.165) is 11.4 Å². The van der Waals surface area contributed by atoms with Gasteiger partial charge in [-0.15, -0.1) is 0 Å². The Kier molecular flexibility index (Phi) is 3.37. The van der Waals surface area contributed by atoms with Crippen molar-refractivity contribution < 1.29 is 4.79 Å². The molecule has 0 spiro atoms. The monoisotopic (exact) mass is 263 g/mol. The van der Waals surface area contributed by atoms with Crippen LogP contribution >= 0.6 is 0 Å². The first kappa shape index (κ1) is 12.3. The van der Waals surface area contributed by atoms with Crippen LogP contribution in [-0.2, 0) is 6.42 Å². The Morgan fingerprint density at radius 1 is 0.950 bits per heavy atom. The molecule has 0 aliphatic heterocycles. The molecule has 1 aromatic carbocycles. The smallest absolute Gasteiger partial charge is 0.187 e. The maximum absolute atomic E-state index is 12.4. The fourth-order valence-electron chi connectivity index (χ4n) is 2.05. The first-order valence-corrected chi connectivity index (χ1v) is 6.37. The van der Waals surface area contributed by atoms with Crippen molar-refractivity contribution in [1.29, 1.82) is 0 Å². The quantitative estimate of drug-likeness (QED) is 0.680. The van der Waals surface area contributed by atoms with E-state index in [4.69, 9.17) is 0 Å². The molecule has 4 heteroatoms. The standard InChI is InChI=1S/C16H13N3O/c20-16(12-13-6-4-5-10-17-13)15-9-11-18-19(15)14-7-2-1-3-8-14/h1-11H,12H2. The zero-order valence-corrected chi connectivity index (χ0v) is 10.8. The van der Waals surface area contributed by atoms with Gasteiger partial charge in [-0.1, -0.05) is 24.3 Å². The van der Waals surface area contributed by atoms with Gasteiger partial charge in [0.05, 0.1) is 18.3 Å². The maximum atomic E-state index is 12.4. The van der Waals surface area contributed by atoms with Gasteiger partial charge in [0, 0.05) is 11.9 Å². The summed E-state index contributed by atoms with van der Waals surface area (Å²) in [5.74, 6) is 0.00468. The van der Waals surface area contributed by atoms with Crippen molar-refractivity contribution >= 4 is 5.78 Å². The molecule has 0 aliphatic rings. The van der Waals surface area contributed by atoms with Crippen LogP contribution in [0.5, 0.6) is 0 Å². The lowest BCUT2D eigenvalue weighted by Gasteiger charge is -2.06. The summed E-state index contributed by atoms with van der Waals surface area (Å²) in [4.78, 5) is 16.5. The van der Waals surface area contributed by atoms with Crippen molar-refractivity contribution in [2.45, 2.75) is 6.42 Å². The maximum Gasteiger partial charge on any atom is 0.187 e. The predicted octanol–water partition coefficient (Wildman–Crippen LogP) is 2.69. The molecule has 0 saturated heterocycles. The highest BCUT2D eigenvalue weighted by Gasteiger charge is 2.14. The topological polar surface area (TPSA) is 47.8 Å². The minimum atomic E-state index is 0.00468. The molecular formula is C16H13N3O. The third-order valence-corrected chi connectivity index (χ3v) is 3.00. The van der Waals surface area contributed by atoms with E-state index in [1.54, 1.807) is 23.1 Å². The molecule has 0 fully saturated rings. The fourth-order valence-corrected chi connectivity index (χ4v) is 2.05. The molecule has 98 valence electrons. The number of benzene rings is 1. The molecule has 0 atom stereocenters. The first-order valence-electron chi connectivity index (χ1n) is 6.37. The molecule has 2 heterocycles. The summed E-state index contributed by atoms with van der Waals surface area (Å²) in [5.41, 5.74) is 2.21. The van der Waals surface area contributed by atoms with Gasteiger partial charge in [-0.05, 0) is 30.3 Å². The second-order valence-corrected chi connectivity index (χ2v) is 4.38. The molecule has 0 radical (unpaired) electrons. The zero-order chi connectivity index (χ0) is 13.8. The predicted molar refractivity (Wildman–Crippen MR) is 75.8 cm³/mol. The van der Waals surface area contributed by atoms with E-state index in [0.29, 0.717) is 5.69 Å². The van der Waals surface area contributed by atoms with Crippen molar-refractivity contribution in [3.63, 3.8) is 0 Å². The molecule has 3 rings (SSSR count). The second kappa shape index (κ2) is 5.48. The van der Waals surface area contributed by atoms with Crippen LogP contribution in [0.2, 0.25) is 0 Å². The van der Waals surface area contributed by atoms with Gasteiger partial charge >= 0.3 is 0 Å². The Hall–Kier alpha value is -2.75. The molecule has 0 N–H and O–H groups in total. The van der Waals surface area contributed by atoms with Gasteiger partial charge in [0.1, 0.15) is 5.69 Å². The fraction of sp³-hybridized carbons (Fsp3) is 0.0625. The first-order chi connectivity index (χ1) is 9.84. The molecule has 0 unspecified atom stereocenters. The van der Waals surface area contributed by atoms with Crippen molar-refractivity contribution in [2.75, 3.05) is 0 Å². The Bertz CT molecular complexity index is 705. The summed E-state index contributed by atoms with van der Waals surface area (Å²) in [5, 5.41) is 4.22. The number of carbonyl (C=O) groups excluding carboxylic acids is 1. The van der Waals surface area contributed by atoms with Gasteiger partial charge in [-0.2, -0.15) is 5.10 Å². The molecule has 0 bridgehead atoms. The summed E-state index contributed by atoms with van der Waals surface area (Å²) in [7, 11) is 0. The number of hydrogen-bond donors (Lipinski definition) is 0. The van der Waals surface area contributed by atoms with E-state index in [2.05, 4.69) is 10.1 Å². The van der Waals surface area contributed by atoms with Gasteiger partial charge in [-0.3, -0.25) is 9.78 Å². The van der Waals surface area contributed by atoms with Crippen molar-refractivity contribution in [1.82, 2.24) is 14.8 Å². The summed E-state index contributed by atoms with van der Waals surface area (Å²) in [6.45, 7) is 0. The molecule has 20 heavy (non-hydrogen) atoms.